The van der Waals surface area contributed by atoms with Crippen LogP contribution in [0.25, 0.3) is 0 Å². The van der Waals surface area contributed by atoms with Gasteiger partial charge in [0.25, 0.3) is 0 Å². The maximum atomic E-state index is 8.94. The highest BCUT2D eigenvalue weighted by Crippen LogP contribution is 2.15. The summed E-state index contributed by atoms with van der Waals surface area (Å²) < 4.78 is 0. The van der Waals surface area contributed by atoms with E-state index in [0.29, 0.717) is 12.1 Å². The Morgan fingerprint density at radius 3 is 2.57 bits per heavy atom. The van der Waals surface area contributed by atoms with E-state index in [1.54, 1.807) is 0 Å². The van der Waals surface area contributed by atoms with Crippen LogP contribution in [0, 0.1) is 0 Å². The highest BCUT2D eigenvalue weighted by atomic mass is 16.3. The Morgan fingerprint density at radius 2 is 2.07 bits per heavy atom. The summed E-state index contributed by atoms with van der Waals surface area (Å²) in [5, 5.41) is 21.2. The zero-order valence-corrected chi connectivity index (χ0v) is 9.11. The van der Waals surface area contributed by atoms with Gasteiger partial charge in [-0.15, -0.1) is 0 Å². The minimum absolute atomic E-state index is 0.0111. The van der Waals surface area contributed by atoms with Gasteiger partial charge in [-0.25, -0.2) is 0 Å². The molecular formula is C10H22N2O2. The molecule has 1 heterocycles. The Kier molecular flexibility index (Phi) is 4.81. The number of hydrogen-bond donors (Lipinski definition) is 3. The minimum atomic E-state index is -0.157. The molecule has 1 aliphatic heterocycles. The van der Waals surface area contributed by atoms with Crippen LogP contribution in [-0.2, 0) is 0 Å². The fourth-order valence-corrected chi connectivity index (χ4v) is 1.94. The lowest BCUT2D eigenvalue weighted by atomic mass is 9.98. The van der Waals surface area contributed by atoms with Crippen LogP contribution in [0.3, 0.4) is 0 Å². The molecule has 0 aromatic heterocycles. The molecule has 0 saturated carbocycles. The van der Waals surface area contributed by atoms with Gasteiger partial charge in [0.1, 0.15) is 0 Å². The van der Waals surface area contributed by atoms with Crippen molar-refractivity contribution in [3.05, 3.63) is 0 Å². The van der Waals surface area contributed by atoms with Gasteiger partial charge in [-0.1, -0.05) is 0 Å². The van der Waals surface area contributed by atoms with E-state index in [0.717, 1.165) is 19.4 Å². The summed E-state index contributed by atoms with van der Waals surface area (Å²) in [5.41, 5.74) is 0. The quantitative estimate of drug-likeness (QED) is 0.570. The number of aliphatic hydroxyl groups excluding tert-OH is 2. The summed E-state index contributed by atoms with van der Waals surface area (Å²) in [6.07, 6.45) is 2.18. The average molecular weight is 202 g/mol. The summed E-state index contributed by atoms with van der Waals surface area (Å²) >= 11 is 0. The maximum Gasteiger partial charge on any atom is 0.0607 e. The fraction of sp³-hybridized carbons (Fsp3) is 1.00. The molecule has 0 bridgehead atoms. The molecule has 1 saturated heterocycles. The first-order valence-electron chi connectivity index (χ1n) is 5.35. The van der Waals surface area contributed by atoms with E-state index in [1.165, 1.54) is 0 Å². The lowest BCUT2D eigenvalue weighted by molar-refractivity contribution is 0.124. The first-order valence-corrected chi connectivity index (χ1v) is 5.35. The van der Waals surface area contributed by atoms with E-state index in [-0.39, 0.29) is 19.3 Å². The van der Waals surface area contributed by atoms with E-state index in [9.17, 15) is 0 Å². The zero-order chi connectivity index (χ0) is 10.6. The van der Waals surface area contributed by atoms with Crippen LogP contribution in [0.15, 0.2) is 0 Å². The molecule has 1 rings (SSSR count). The molecule has 4 heteroatoms. The minimum Gasteiger partial charge on any atom is -0.395 e. The number of nitrogens with one attached hydrogen (secondary N) is 1. The highest BCUT2D eigenvalue weighted by Gasteiger charge is 2.23. The molecular weight excluding hydrogens is 180 g/mol. The molecule has 0 aromatic rings. The van der Waals surface area contributed by atoms with Crippen LogP contribution in [0.2, 0.25) is 0 Å². The molecule has 2 atom stereocenters. The lowest BCUT2D eigenvalue weighted by Crippen LogP contribution is -2.50. The number of nitrogens with zero attached hydrogens (tertiary/aromatic N) is 1. The molecule has 0 amide bonds. The monoisotopic (exact) mass is 202 g/mol. The van der Waals surface area contributed by atoms with E-state index < -0.39 is 0 Å². The van der Waals surface area contributed by atoms with E-state index in [4.69, 9.17) is 10.2 Å². The predicted molar refractivity (Wildman–Crippen MR) is 56.2 cm³/mol. The van der Waals surface area contributed by atoms with Crippen molar-refractivity contribution in [1.29, 1.82) is 0 Å². The molecule has 2 unspecified atom stereocenters. The van der Waals surface area contributed by atoms with Crippen LogP contribution in [0.1, 0.15) is 19.8 Å². The molecule has 0 spiro atoms. The van der Waals surface area contributed by atoms with Crippen molar-refractivity contribution in [3.8, 4) is 0 Å². The third kappa shape index (κ3) is 3.20. The molecule has 4 nitrogen and oxygen atoms in total. The second-order valence-electron chi connectivity index (χ2n) is 4.28. The fourth-order valence-electron chi connectivity index (χ4n) is 1.94. The van der Waals surface area contributed by atoms with E-state index in [2.05, 4.69) is 24.2 Å². The van der Waals surface area contributed by atoms with Gasteiger partial charge < -0.3 is 20.4 Å². The van der Waals surface area contributed by atoms with Crippen LogP contribution in [0.4, 0.5) is 0 Å². The molecule has 14 heavy (non-hydrogen) atoms. The predicted octanol–water partition coefficient (Wildman–Crippen LogP) is -0.588. The smallest absolute Gasteiger partial charge is 0.0607 e. The van der Waals surface area contributed by atoms with Gasteiger partial charge in [0.05, 0.1) is 19.3 Å². The summed E-state index contributed by atoms with van der Waals surface area (Å²) in [7, 11) is 2.14. The lowest BCUT2D eigenvalue weighted by Gasteiger charge is -2.36. The first kappa shape index (κ1) is 11.9. The van der Waals surface area contributed by atoms with Crippen molar-refractivity contribution in [3.63, 3.8) is 0 Å². The summed E-state index contributed by atoms with van der Waals surface area (Å²) in [5.74, 6) is 0. The SMILES string of the molecule is CC1CC(NC(CO)CO)CCN1C. The second kappa shape index (κ2) is 5.66. The summed E-state index contributed by atoms with van der Waals surface area (Å²) in [6.45, 7) is 3.32. The summed E-state index contributed by atoms with van der Waals surface area (Å²) in [4.78, 5) is 2.34. The van der Waals surface area contributed by atoms with Gasteiger partial charge in [0, 0.05) is 12.1 Å². The largest absolute Gasteiger partial charge is 0.395 e. The van der Waals surface area contributed by atoms with Gasteiger partial charge in [0.15, 0.2) is 0 Å². The molecule has 0 aromatic carbocycles. The number of piperidine rings is 1. The van der Waals surface area contributed by atoms with Gasteiger partial charge in [0.2, 0.25) is 0 Å². The second-order valence-corrected chi connectivity index (χ2v) is 4.28. The van der Waals surface area contributed by atoms with Crippen molar-refractivity contribution in [2.24, 2.45) is 0 Å². The first-order chi connectivity index (χ1) is 6.67. The van der Waals surface area contributed by atoms with Crippen molar-refractivity contribution >= 4 is 0 Å². The zero-order valence-electron chi connectivity index (χ0n) is 9.11. The highest BCUT2D eigenvalue weighted by molar-refractivity contribution is 4.83. The van der Waals surface area contributed by atoms with Crippen LogP contribution < -0.4 is 5.32 Å². The third-order valence-corrected chi connectivity index (χ3v) is 3.12. The molecule has 1 aliphatic rings. The maximum absolute atomic E-state index is 8.94. The molecule has 0 radical (unpaired) electrons. The van der Waals surface area contributed by atoms with Crippen LogP contribution in [-0.4, -0.2) is 60.0 Å². The third-order valence-electron chi connectivity index (χ3n) is 3.12. The van der Waals surface area contributed by atoms with Gasteiger partial charge in [-0.05, 0) is 33.4 Å². The molecule has 84 valence electrons. The van der Waals surface area contributed by atoms with E-state index in [1.807, 2.05) is 0 Å². The van der Waals surface area contributed by atoms with Crippen molar-refractivity contribution < 1.29 is 10.2 Å². The molecule has 0 aliphatic carbocycles. The van der Waals surface area contributed by atoms with Crippen molar-refractivity contribution in [2.45, 2.75) is 37.9 Å². The van der Waals surface area contributed by atoms with Crippen LogP contribution >= 0.6 is 0 Å². The average Bonchev–Trinajstić information content (AvgIpc) is 2.19. The number of rotatable bonds is 4. The molecule has 3 N–H and O–H groups in total. The standard InChI is InChI=1S/C10H22N2O2/c1-8-5-9(3-4-12(8)2)11-10(6-13)7-14/h8-11,13-14H,3-7H2,1-2H3. The van der Waals surface area contributed by atoms with Gasteiger partial charge in [-0.2, -0.15) is 0 Å². The van der Waals surface area contributed by atoms with Crippen LogP contribution in [0.5, 0.6) is 0 Å². The van der Waals surface area contributed by atoms with E-state index >= 15 is 0 Å². The normalized spacial score (nSPS) is 29.8. The molecule has 1 fully saturated rings. The van der Waals surface area contributed by atoms with Crippen molar-refractivity contribution in [1.82, 2.24) is 10.2 Å². The van der Waals surface area contributed by atoms with Crippen molar-refractivity contribution in [2.75, 3.05) is 26.8 Å². The Hall–Kier alpha value is -0.160. The van der Waals surface area contributed by atoms with Gasteiger partial charge in [-0.3, -0.25) is 0 Å². The Labute approximate surface area is 85.9 Å². The summed E-state index contributed by atoms with van der Waals surface area (Å²) in [6, 6.07) is 0.861. The Balaban J connectivity index is 2.32. The topological polar surface area (TPSA) is 55.7 Å². The van der Waals surface area contributed by atoms with Gasteiger partial charge >= 0.3 is 0 Å². The number of hydrogen-bond acceptors (Lipinski definition) is 4. The number of likely N-dealkylation sites (tertiary alicyclic amines) is 1. The Bertz CT molecular complexity index is 162. The Morgan fingerprint density at radius 1 is 1.43 bits per heavy atom. The number of aliphatic hydroxyl groups is 2.